The Bertz CT molecular complexity index is 1570. The van der Waals surface area contributed by atoms with E-state index in [-0.39, 0.29) is 50.5 Å². The van der Waals surface area contributed by atoms with E-state index in [0.717, 1.165) is 17.4 Å². The maximum absolute atomic E-state index is 13.7. The predicted molar refractivity (Wildman–Crippen MR) is 143 cm³/mol. The van der Waals surface area contributed by atoms with Crippen molar-refractivity contribution in [2.45, 2.75) is 56.5 Å². The van der Waals surface area contributed by atoms with Gasteiger partial charge in [0.1, 0.15) is 22.2 Å². The third-order valence-corrected chi connectivity index (χ3v) is 9.65. The molecule has 18 heteroatoms. The normalized spacial score (nSPS) is 17.6. The van der Waals surface area contributed by atoms with Crippen molar-refractivity contribution >= 4 is 50.5 Å². The van der Waals surface area contributed by atoms with E-state index in [0.29, 0.717) is 20.1 Å². The largest absolute Gasteiger partial charge is 0.415 e. The van der Waals surface area contributed by atoms with Crippen LogP contribution in [0.15, 0.2) is 21.4 Å². The lowest BCUT2D eigenvalue weighted by Crippen LogP contribution is -2.47. The Hall–Kier alpha value is -2.34. The van der Waals surface area contributed by atoms with Crippen molar-refractivity contribution in [3.05, 3.63) is 33.8 Å². The summed E-state index contributed by atoms with van der Waals surface area (Å²) in [6.45, 7) is 6.16. The second kappa shape index (κ2) is 11.4. The molecule has 2 N–H and O–H groups in total. The number of hydrogen-bond donors (Lipinski definition) is 2. The summed E-state index contributed by atoms with van der Waals surface area (Å²) >= 11 is 13.7. The molecule has 0 radical (unpaired) electrons. The lowest BCUT2D eigenvalue weighted by atomic mass is 10.1. The van der Waals surface area contributed by atoms with E-state index in [9.17, 15) is 31.5 Å². The fraction of sp³-hybridized carbons (Fsp3) is 0.478. The van der Waals surface area contributed by atoms with Gasteiger partial charge in [0.25, 0.3) is 11.8 Å². The molecule has 11 nitrogen and oxygen atoms in total. The number of carbonyl (C=O) groups excluding carboxylic acids is 1. The molecule has 3 aromatic rings. The molecule has 2 aromatic heterocycles. The highest BCUT2D eigenvalue weighted by Gasteiger charge is 2.40. The average Bonchev–Trinajstić information content (AvgIpc) is 3.52. The summed E-state index contributed by atoms with van der Waals surface area (Å²) < 4.78 is 76.9. The standard InChI is InChI=1S/C23H24Cl2F3N5O6S2/c1-10-9-38-8-7-33(10)20(34)16-17(40-19(29-16)18-30-31-21(39-18)22(3,4)35)12-5-6-13(15(25)14(12)24)41(36,37)32-11(2)23(26,27)28/h5-6,10-11,32,35H,7-9H2,1-4H3/t10-,11-/m0/s1. The van der Waals surface area contributed by atoms with Gasteiger partial charge >= 0.3 is 6.18 Å². The monoisotopic (exact) mass is 657 g/mol. The topological polar surface area (TPSA) is 148 Å². The minimum Gasteiger partial charge on any atom is -0.415 e. The number of amides is 1. The third kappa shape index (κ3) is 6.53. The van der Waals surface area contributed by atoms with Gasteiger partial charge in [-0.3, -0.25) is 4.79 Å². The molecule has 1 amide bonds. The number of ether oxygens (including phenoxy) is 1. The van der Waals surface area contributed by atoms with Crippen molar-refractivity contribution in [1.82, 2.24) is 24.8 Å². The number of rotatable bonds is 7. The van der Waals surface area contributed by atoms with Crippen LogP contribution in [0.1, 0.15) is 44.1 Å². The molecule has 41 heavy (non-hydrogen) atoms. The maximum Gasteiger partial charge on any atom is 0.404 e. The van der Waals surface area contributed by atoms with Crippen LogP contribution in [0.4, 0.5) is 13.2 Å². The molecule has 1 saturated heterocycles. The summed E-state index contributed by atoms with van der Waals surface area (Å²) in [6.07, 6.45) is -4.84. The van der Waals surface area contributed by atoms with Crippen LogP contribution < -0.4 is 4.72 Å². The van der Waals surface area contributed by atoms with E-state index < -0.39 is 43.7 Å². The molecule has 1 aromatic carbocycles. The van der Waals surface area contributed by atoms with Crippen molar-refractivity contribution in [1.29, 1.82) is 0 Å². The molecule has 0 unspecified atom stereocenters. The molecular weight excluding hydrogens is 634 g/mol. The van der Waals surface area contributed by atoms with E-state index in [2.05, 4.69) is 15.2 Å². The number of aliphatic hydroxyl groups is 1. The van der Waals surface area contributed by atoms with Crippen molar-refractivity contribution in [3.8, 4) is 21.3 Å². The number of aromatic nitrogens is 3. The number of hydrogen-bond acceptors (Lipinski definition) is 10. The van der Waals surface area contributed by atoms with E-state index in [1.54, 1.807) is 11.8 Å². The van der Waals surface area contributed by atoms with Crippen LogP contribution in [0.2, 0.25) is 10.0 Å². The molecule has 224 valence electrons. The highest BCUT2D eigenvalue weighted by atomic mass is 35.5. The maximum atomic E-state index is 13.7. The Kier molecular flexibility index (Phi) is 8.78. The van der Waals surface area contributed by atoms with Crippen molar-refractivity contribution in [2.24, 2.45) is 0 Å². The Balaban J connectivity index is 1.83. The van der Waals surface area contributed by atoms with Crippen LogP contribution in [-0.2, 0) is 20.4 Å². The van der Waals surface area contributed by atoms with Gasteiger partial charge in [-0.05, 0) is 33.8 Å². The highest BCUT2D eigenvalue weighted by Crippen LogP contribution is 2.44. The zero-order valence-electron chi connectivity index (χ0n) is 21.9. The molecule has 1 aliphatic rings. The summed E-state index contributed by atoms with van der Waals surface area (Å²) in [7, 11) is -4.74. The van der Waals surface area contributed by atoms with Crippen LogP contribution >= 0.6 is 34.5 Å². The SMILES string of the molecule is C[C@H](NS(=O)(=O)c1ccc(-c2sc(-c3nnc(C(C)(C)O)o3)nc2C(=O)N2CCOC[C@@H]2C)c(Cl)c1Cl)C(F)(F)F. The van der Waals surface area contributed by atoms with Gasteiger partial charge in [0.2, 0.25) is 15.9 Å². The van der Waals surface area contributed by atoms with Crippen LogP contribution in [0.25, 0.3) is 21.3 Å². The lowest BCUT2D eigenvalue weighted by Gasteiger charge is -2.33. The molecule has 4 rings (SSSR count). The van der Waals surface area contributed by atoms with Gasteiger partial charge in [0.15, 0.2) is 5.01 Å². The number of benzene rings is 1. The molecule has 0 saturated carbocycles. The van der Waals surface area contributed by atoms with Gasteiger partial charge < -0.3 is 19.2 Å². The predicted octanol–water partition coefficient (Wildman–Crippen LogP) is 4.48. The molecule has 3 heterocycles. The molecule has 0 bridgehead atoms. The van der Waals surface area contributed by atoms with E-state index in [1.807, 2.05) is 0 Å². The van der Waals surface area contributed by atoms with Gasteiger partial charge in [-0.1, -0.05) is 29.3 Å². The minimum atomic E-state index is -4.84. The van der Waals surface area contributed by atoms with Gasteiger partial charge in [0.05, 0.1) is 34.2 Å². The quantitative estimate of drug-likeness (QED) is 0.375. The minimum absolute atomic E-state index is 0.0841. The smallest absolute Gasteiger partial charge is 0.404 e. The molecular formula is C23H24Cl2F3N5O6S2. The van der Waals surface area contributed by atoms with Crippen LogP contribution in [0, 0.1) is 0 Å². The Labute approximate surface area is 246 Å². The molecule has 2 atom stereocenters. The van der Waals surface area contributed by atoms with Gasteiger partial charge in [0, 0.05) is 12.1 Å². The molecule has 0 aliphatic carbocycles. The first-order valence-corrected chi connectivity index (χ1v) is 15.0. The summed E-state index contributed by atoms with van der Waals surface area (Å²) in [6, 6.07) is -0.491. The zero-order chi connectivity index (χ0) is 30.5. The number of nitrogens with one attached hydrogen (secondary N) is 1. The zero-order valence-corrected chi connectivity index (χ0v) is 25.1. The molecule has 1 aliphatic heterocycles. The summed E-state index contributed by atoms with van der Waals surface area (Å²) in [5, 5.41) is 17.1. The summed E-state index contributed by atoms with van der Waals surface area (Å²) in [4.78, 5) is 19.1. The number of sulfonamides is 1. The second-order valence-corrected chi connectivity index (χ2v) is 13.2. The van der Waals surface area contributed by atoms with E-state index in [1.165, 1.54) is 24.6 Å². The van der Waals surface area contributed by atoms with Crippen molar-refractivity contribution < 1.29 is 40.6 Å². The number of carbonyl (C=O) groups is 1. The van der Waals surface area contributed by atoms with E-state index in [4.69, 9.17) is 32.4 Å². The fourth-order valence-corrected chi connectivity index (χ4v) is 6.90. The van der Waals surface area contributed by atoms with Gasteiger partial charge in [-0.2, -0.15) is 17.9 Å². The number of alkyl halides is 3. The van der Waals surface area contributed by atoms with Gasteiger partial charge in [-0.15, -0.1) is 21.5 Å². The number of halogens is 5. The highest BCUT2D eigenvalue weighted by molar-refractivity contribution is 7.89. The second-order valence-electron chi connectivity index (χ2n) is 9.71. The van der Waals surface area contributed by atoms with Crippen molar-refractivity contribution in [3.63, 3.8) is 0 Å². The average molecular weight is 659 g/mol. The Morgan fingerprint density at radius 2 is 1.93 bits per heavy atom. The van der Waals surface area contributed by atoms with Crippen LogP contribution in [0.3, 0.4) is 0 Å². The fourth-order valence-electron chi connectivity index (χ4n) is 3.74. The van der Waals surface area contributed by atoms with Crippen molar-refractivity contribution in [2.75, 3.05) is 19.8 Å². The first kappa shape index (κ1) is 31.6. The summed E-state index contributed by atoms with van der Waals surface area (Å²) in [5.41, 5.74) is -1.45. The number of thiazole rings is 1. The lowest BCUT2D eigenvalue weighted by molar-refractivity contribution is -0.147. The van der Waals surface area contributed by atoms with Crippen LogP contribution in [-0.4, -0.2) is 77.5 Å². The third-order valence-electron chi connectivity index (χ3n) is 5.99. The van der Waals surface area contributed by atoms with Crippen LogP contribution in [0.5, 0.6) is 0 Å². The molecule has 1 fully saturated rings. The number of morpholine rings is 1. The first-order chi connectivity index (χ1) is 18.9. The first-order valence-electron chi connectivity index (χ1n) is 12.0. The summed E-state index contributed by atoms with van der Waals surface area (Å²) in [5.74, 6) is -0.700. The molecule has 0 spiro atoms. The van der Waals surface area contributed by atoms with Gasteiger partial charge in [-0.25, -0.2) is 13.4 Å². The Morgan fingerprint density at radius 3 is 2.51 bits per heavy atom. The van der Waals surface area contributed by atoms with E-state index >= 15 is 0 Å². The number of nitrogens with zero attached hydrogens (tertiary/aromatic N) is 4. The Morgan fingerprint density at radius 1 is 1.24 bits per heavy atom.